The Bertz CT molecular complexity index is 1710. The predicted octanol–water partition coefficient (Wildman–Crippen LogP) is 10.9. The number of hydrogen-bond donors (Lipinski definition) is 0. The molecule has 0 saturated carbocycles. The number of hydrogen-bond acceptors (Lipinski definition) is 3. The van der Waals surface area contributed by atoms with Gasteiger partial charge in [-0.25, -0.2) is 0 Å². The third kappa shape index (κ3) is 5.49. The molecule has 0 aromatic heterocycles. The molecule has 0 unspecified atom stereocenters. The Labute approximate surface area is 270 Å². The van der Waals surface area contributed by atoms with E-state index in [0.29, 0.717) is 34.4 Å². The van der Waals surface area contributed by atoms with E-state index in [2.05, 4.69) is 65.8 Å². The average Bonchev–Trinajstić information content (AvgIpc) is 3.16. The maximum atomic E-state index is 14.1. The second-order valence-electron chi connectivity index (χ2n) is 13.1. The summed E-state index contributed by atoms with van der Waals surface area (Å²) in [6.45, 7) is 14.0. The van der Waals surface area contributed by atoms with Crippen LogP contribution in [0.15, 0.2) is 84.9 Å². The molecule has 0 radical (unpaired) electrons. The van der Waals surface area contributed by atoms with Gasteiger partial charge in [-0.3, -0.25) is 4.79 Å². The van der Waals surface area contributed by atoms with Crippen LogP contribution in [0.4, 0.5) is 0 Å². The molecular weight excluding hydrogens is 587 g/mol. The normalized spacial score (nSPS) is 17.1. The number of ketones is 1. The summed E-state index contributed by atoms with van der Waals surface area (Å²) in [5, 5.41) is 1.39. The molecule has 0 bridgehead atoms. The van der Waals surface area contributed by atoms with Gasteiger partial charge in [-0.2, -0.15) is 0 Å². The van der Waals surface area contributed by atoms with Crippen molar-refractivity contribution in [2.45, 2.75) is 41.5 Å². The lowest BCUT2D eigenvalue weighted by molar-refractivity contribution is 0.103. The van der Waals surface area contributed by atoms with Gasteiger partial charge in [0.05, 0.1) is 13.2 Å². The first-order valence-corrected chi connectivity index (χ1v) is 15.6. The number of ether oxygens (including phenoxy) is 2. The largest absolute Gasteiger partial charge is 0.492 e. The monoisotopic (exact) mass is 622 g/mol. The smallest absolute Gasteiger partial charge is 0.193 e. The number of carbonyl (C=O) groups excluding carboxylic acids is 1. The van der Waals surface area contributed by atoms with E-state index in [0.717, 1.165) is 44.9 Å². The zero-order chi connectivity index (χ0) is 31.4. The summed E-state index contributed by atoms with van der Waals surface area (Å²) in [6.07, 6.45) is 0. The van der Waals surface area contributed by atoms with Gasteiger partial charge >= 0.3 is 0 Å². The van der Waals surface area contributed by atoms with Crippen LogP contribution >= 0.6 is 23.2 Å². The lowest BCUT2D eigenvalue weighted by atomic mass is 9.77. The fraction of sp³-hybridized carbons (Fsp3) is 0.256. The second-order valence-corrected chi connectivity index (χ2v) is 14.0. The van der Waals surface area contributed by atoms with E-state index in [1.165, 1.54) is 11.1 Å². The van der Waals surface area contributed by atoms with Crippen LogP contribution in [0.5, 0.6) is 11.5 Å². The maximum absolute atomic E-state index is 14.1. The molecule has 0 fully saturated rings. The van der Waals surface area contributed by atoms with Crippen LogP contribution < -0.4 is 9.47 Å². The van der Waals surface area contributed by atoms with E-state index < -0.39 is 0 Å². The zero-order valence-electron chi connectivity index (χ0n) is 26.0. The van der Waals surface area contributed by atoms with E-state index in [4.69, 9.17) is 32.7 Å². The van der Waals surface area contributed by atoms with Crippen molar-refractivity contribution in [1.82, 2.24) is 0 Å². The lowest BCUT2D eigenvalue weighted by Gasteiger charge is -2.28. The van der Waals surface area contributed by atoms with Crippen molar-refractivity contribution >= 4 is 51.3 Å². The third-order valence-corrected chi connectivity index (χ3v) is 9.34. The minimum atomic E-state index is -0.252. The molecule has 4 aromatic rings. The number of halogens is 2. The van der Waals surface area contributed by atoms with E-state index in [1.54, 1.807) is 0 Å². The minimum Gasteiger partial charge on any atom is -0.492 e. The van der Waals surface area contributed by atoms with Gasteiger partial charge in [0.15, 0.2) is 5.78 Å². The molecule has 6 rings (SSSR count). The van der Waals surface area contributed by atoms with E-state index >= 15 is 0 Å². The van der Waals surface area contributed by atoms with Crippen LogP contribution in [-0.4, -0.2) is 19.0 Å². The first-order chi connectivity index (χ1) is 20.9. The molecule has 0 saturated heterocycles. The first-order valence-electron chi connectivity index (χ1n) is 14.9. The number of rotatable bonds is 4. The number of benzene rings is 4. The quantitative estimate of drug-likeness (QED) is 0.212. The number of allylic oxidation sites excluding steroid dienone is 2. The highest BCUT2D eigenvalue weighted by molar-refractivity contribution is 6.31. The SMILES string of the molecule is CC1=C(c2ccc(Cl)cc2)C(C)(C)COc2ccc(C(=O)c3ccc4c(c3)C(C)=C(c3ccc(Cl)cc3)C(C)(C)CO4)cc21. The minimum absolute atomic E-state index is 0.0516. The molecule has 4 aromatic carbocycles. The van der Waals surface area contributed by atoms with Crippen LogP contribution in [0, 0.1) is 10.8 Å². The van der Waals surface area contributed by atoms with Gasteiger partial charge in [-0.15, -0.1) is 0 Å². The van der Waals surface area contributed by atoms with Gasteiger partial charge in [0.2, 0.25) is 0 Å². The number of carbonyl (C=O) groups is 1. The summed E-state index contributed by atoms with van der Waals surface area (Å²) in [5.74, 6) is 1.50. The third-order valence-electron chi connectivity index (χ3n) is 8.84. The molecular formula is C39H36Cl2O3. The maximum Gasteiger partial charge on any atom is 0.193 e. The van der Waals surface area contributed by atoms with Crippen LogP contribution in [0.1, 0.15) is 79.7 Å². The Hall–Kier alpha value is -3.79. The molecule has 0 spiro atoms. The highest BCUT2D eigenvalue weighted by Crippen LogP contribution is 2.47. The molecule has 5 heteroatoms. The average molecular weight is 624 g/mol. The summed E-state index contributed by atoms with van der Waals surface area (Å²) < 4.78 is 12.6. The molecule has 0 aliphatic carbocycles. The summed E-state index contributed by atoms with van der Waals surface area (Å²) in [5.41, 5.74) is 9.28. The lowest BCUT2D eigenvalue weighted by Crippen LogP contribution is -2.22. The number of fused-ring (bicyclic) bond motifs is 2. The van der Waals surface area contributed by atoms with Gasteiger partial charge < -0.3 is 9.47 Å². The summed E-state index contributed by atoms with van der Waals surface area (Å²) in [6, 6.07) is 27.4. The van der Waals surface area contributed by atoms with Gasteiger partial charge in [0.25, 0.3) is 0 Å². The van der Waals surface area contributed by atoms with Crippen molar-refractivity contribution in [3.05, 3.63) is 128 Å². The molecule has 44 heavy (non-hydrogen) atoms. The topological polar surface area (TPSA) is 35.5 Å². The van der Waals surface area contributed by atoms with Crippen molar-refractivity contribution in [1.29, 1.82) is 0 Å². The Morgan fingerprint density at radius 2 is 0.955 bits per heavy atom. The Balaban J connectivity index is 1.44. The molecule has 0 amide bonds. The van der Waals surface area contributed by atoms with Crippen molar-refractivity contribution in [2.24, 2.45) is 10.8 Å². The van der Waals surface area contributed by atoms with E-state index in [-0.39, 0.29) is 16.6 Å². The van der Waals surface area contributed by atoms with Gasteiger partial charge in [0, 0.05) is 43.1 Å². The molecule has 2 aliphatic heterocycles. The Kier molecular flexibility index (Phi) is 7.76. The van der Waals surface area contributed by atoms with Crippen LogP contribution in [0.3, 0.4) is 0 Å². The van der Waals surface area contributed by atoms with Gasteiger partial charge in [-0.05, 0) is 108 Å². The second kappa shape index (κ2) is 11.3. The molecule has 2 aliphatic rings. The molecule has 3 nitrogen and oxygen atoms in total. The van der Waals surface area contributed by atoms with Gasteiger partial charge in [0.1, 0.15) is 11.5 Å². The Morgan fingerprint density at radius 1 is 0.591 bits per heavy atom. The first kappa shape index (κ1) is 30.2. The highest BCUT2D eigenvalue weighted by Gasteiger charge is 2.34. The molecule has 2 heterocycles. The van der Waals surface area contributed by atoms with Gasteiger partial charge in [-0.1, -0.05) is 75.2 Å². The molecule has 0 N–H and O–H groups in total. The summed E-state index contributed by atoms with van der Waals surface area (Å²) >= 11 is 12.4. The van der Waals surface area contributed by atoms with E-state index in [1.807, 2.05) is 60.7 Å². The van der Waals surface area contributed by atoms with Crippen LogP contribution in [0.2, 0.25) is 10.0 Å². The van der Waals surface area contributed by atoms with Crippen molar-refractivity contribution in [3.8, 4) is 11.5 Å². The fourth-order valence-electron chi connectivity index (χ4n) is 6.74. The summed E-state index contributed by atoms with van der Waals surface area (Å²) in [4.78, 5) is 14.1. The molecule has 224 valence electrons. The molecule has 0 atom stereocenters. The van der Waals surface area contributed by atoms with Crippen LogP contribution in [-0.2, 0) is 0 Å². The van der Waals surface area contributed by atoms with E-state index in [9.17, 15) is 4.79 Å². The Morgan fingerprint density at radius 3 is 1.32 bits per heavy atom. The zero-order valence-corrected chi connectivity index (χ0v) is 27.5. The van der Waals surface area contributed by atoms with Crippen molar-refractivity contribution in [3.63, 3.8) is 0 Å². The highest BCUT2D eigenvalue weighted by atomic mass is 35.5. The summed E-state index contributed by atoms with van der Waals surface area (Å²) in [7, 11) is 0. The standard InChI is InChI=1S/C39H36Cl2O3/c1-23-31-19-27(11-17-33(31)43-21-38(3,4)35(23)25-7-13-29(40)14-8-25)37(42)28-12-18-34-32(20-28)24(2)36(39(5,6)22-44-34)26-9-15-30(41)16-10-26/h7-20H,21-22H2,1-6H3. The predicted molar refractivity (Wildman–Crippen MR) is 183 cm³/mol. The van der Waals surface area contributed by atoms with Crippen molar-refractivity contribution in [2.75, 3.05) is 13.2 Å². The van der Waals surface area contributed by atoms with Crippen LogP contribution in [0.25, 0.3) is 22.3 Å². The van der Waals surface area contributed by atoms with Crippen molar-refractivity contribution < 1.29 is 14.3 Å². The fourth-order valence-corrected chi connectivity index (χ4v) is 6.99.